The number of ether oxygens (including phenoxy) is 1. The van der Waals surface area contributed by atoms with E-state index in [0.717, 1.165) is 12.1 Å². The minimum atomic E-state index is -3.92. The molecule has 112 valence electrons. The third-order valence-corrected chi connectivity index (χ3v) is 3.73. The molecule has 0 aliphatic rings. The minimum absolute atomic E-state index is 0.0269. The molecule has 0 bridgehead atoms. The lowest BCUT2D eigenvalue weighted by atomic mass is 10.3. The number of benzene rings is 1. The molecule has 0 amide bonds. The predicted molar refractivity (Wildman–Crippen MR) is 69.3 cm³/mol. The average molecular weight is 306 g/mol. The summed E-state index contributed by atoms with van der Waals surface area (Å²) in [5.41, 5.74) is -0.771. The number of nitro benzene ring substituents is 1. The van der Waals surface area contributed by atoms with E-state index in [-0.39, 0.29) is 24.2 Å². The van der Waals surface area contributed by atoms with Gasteiger partial charge in [-0.1, -0.05) is 0 Å². The Hall–Kier alpha value is -1.58. The molecule has 1 aromatic carbocycles. The van der Waals surface area contributed by atoms with Crippen LogP contribution in [0, 0.1) is 15.9 Å². The van der Waals surface area contributed by atoms with E-state index in [1.165, 1.54) is 0 Å². The fraction of sp³-hybridized carbons (Fsp3) is 0.455. The molecule has 0 saturated carbocycles. The van der Waals surface area contributed by atoms with E-state index in [2.05, 4.69) is 4.72 Å². The standard InChI is InChI=1S/C11H15FN2O5S/c1-8(2)19-6-5-13-20(17,18)9-3-4-11(14(15)16)10(12)7-9/h3-4,7-8,13H,5-6H2,1-2H3. The normalized spacial score (nSPS) is 11.8. The van der Waals surface area contributed by atoms with E-state index in [1.807, 2.05) is 0 Å². The van der Waals surface area contributed by atoms with Crippen LogP contribution in [0.2, 0.25) is 0 Å². The summed E-state index contributed by atoms with van der Waals surface area (Å²) < 4.78 is 44.4. The highest BCUT2D eigenvalue weighted by atomic mass is 32.2. The number of sulfonamides is 1. The maximum atomic E-state index is 13.4. The first-order valence-corrected chi connectivity index (χ1v) is 7.27. The minimum Gasteiger partial charge on any atom is -0.377 e. The fourth-order valence-corrected chi connectivity index (χ4v) is 2.38. The molecule has 20 heavy (non-hydrogen) atoms. The number of hydrogen-bond donors (Lipinski definition) is 1. The van der Waals surface area contributed by atoms with Gasteiger partial charge in [0.1, 0.15) is 0 Å². The van der Waals surface area contributed by atoms with Crippen molar-refractivity contribution in [2.45, 2.75) is 24.8 Å². The van der Waals surface area contributed by atoms with Gasteiger partial charge in [-0.15, -0.1) is 0 Å². The van der Waals surface area contributed by atoms with E-state index in [9.17, 15) is 22.9 Å². The molecule has 0 aromatic heterocycles. The molecular weight excluding hydrogens is 291 g/mol. The van der Waals surface area contributed by atoms with Crippen LogP contribution in [-0.2, 0) is 14.8 Å². The summed E-state index contributed by atoms with van der Waals surface area (Å²) in [6.07, 6.45) is -0.0312. The molecule has 0 heterocycles. The van der Waals surface area contributed by atoms with Crippen LogP contribution >= 0.6 is 0 Å². The molecule has 0 unspecified atom stereocenters. The van der Waals surface area contributed by atoms with Crippen molar-refractivity contribution in [1.82, 2.24) is 4.72 Å². The highest BCUT2D eigenvalue weighted by molar-refractivity contribution is 7.89. The summed E-state index contributed by atoms with van der Waals surface area (Å²) in [4.78, 5) is 9.15. The van der Waals surface area contributed by atoms with Crippen molar-refractivity contribution < 1.29 is 22.5 Å². The van der Waals surface area contributed by atoms with Crippen molar-refractivity contribution in [1.29, 1.82) is 0 Å². The first-order valence-electron chi connectivity index (χ1n) is 5.79. The molecule has 0 aliphatic heterocycles. The van der Waals surface area contributed by atoms with Crippen LogP contribution in [-0.4, -0.2) is 32.6 Å². The lowest BCUT2D eigenvalue weighted by molar-refractivity contribution is -0.387. The van der Waals surface area contributed by atoms with Crippen molar-refractivity contribution in [2.24, 2.45) is 0 Å². The number of hydrogen-bond acceptors (Lipinski definition) is 5. The molecule has 0 atom stereocenters. The molecule has 9 heteroatoms. The smallest absolute Gasteiger partial charge is 0.304 e. The molecule has 0 aliphatic carbocycles. The van der Waals surface area contributed by atoms with Crippen LogP contribution in [0.1, 0.15) is 13.8 Å². The van der Waals surface area contributed by atoms with Crippen LogP contribution in [0.4, 0.5) is 10.1 Å². The summed E-state index contributed by atoms with van der Waals surface area (Å²) in [7, 11) is -3.92. The van der Waals surface area contributed by atoms with Crippen molar-refractivity contribution in [3.05, 3.63) is 34.1 Å². The lowest BCUT2D eigenvalue weighted by Crippen LogP contribution is -2.28. The van der Waals surface area contributed by atoms with Gasteiger partial charge in [-0.05, 0) is 19.9 Å². The van der Waals surface area contributed by atoms with Gasteiger partial charge in [0.15, 0.2) is 0 Å². The van der Waals surface area contributed by atoms with Gasteiger partial charge in [-0.2, -0.15) is 4.39 Å². The summed E-state index contributed by atoms with van der Waals surface area (Å²) in [6, 6.07) is 2.41. The van der Waals surface area contributed by atoms with E-state index in [0.29, 0.717) is 6.07 Å². The Morgan fingerprint density at radius 3 is 2.60 bits per heavy atom. The summed E-state index contributed by atoms with van der Waals surface area (Å²) >= 11 is 0. The van der Waals surface area contributed by atoms with Crippen LogP contribution < -0.4 is 4.72 Å². The van der Waals surface area contributed by atoms with Gasteiger partial charge in [0.25, 0.3) is 0 Å². The van der Waals surface area contributed by atoms with Gasteiger partial charge in [-0.3, -0.25) is 10.1 Å². The van der Waals surface area contributed by atoms with Crippen LogP contribution in [0.5, 0.6) is 0 Å². The molecule has 0 radical (unpaired) electrons. The van der Waals surface area contributed by atoms with Crippen LogP contribution in [0.3, 0.4) is 0 Å². The zero-order valence-corrected chi connectivity index (χ0v) is 11.8. The Labute approximate surface area is 115 Å². The maximum absolute atomic E-state index is 13.4. The van der Waals surface area contributed by atoms with Crippen LogP contribution in [0.15, 0.2) is 23.1 Å². The van der Waals surface area contributed by atoms with Gasteiger partial charge in [0.05, 0.1) is 22.5 Å². The summed E-state index contributed by atoms with van der Waals surface area (Å²) in [6.45, 7) is 3.81. The molecule has 7 nitrogen and oxygen atoms in total. The summed E-state index contributed by atoms with van der Waals surface area (Å²) in [5.74, 6) is -1.20. The molecule has 1 N–H and O–H groups in total. The van der Waals surface area contributed by atoms with Crippen molar-refractivity contribution in [2.75, 3.05) is 13.2 Å². The maximum Gasteiger partial charge on any atom is 0.304 e. The Morgan fingerprint density at radius 2 is 2.10 bits per heavy atom. The zero-order chi connectivity index (χ0) is 15.3. The fourth-order valence-electron chi connectivity index (χ4n) is 1.36. The molecule has 0 saturated heterocycles. The second kappa shape index (κ2) is 6.73. The van der Waals surface area contributed by atoms with E-state index < -0.39 is 26.5 Å². The van der Waals surface area contributed by atoms with E-state index in [1.54, 1.807) is 13.8 Å². The number of nitrogens with zero attached hydrogens (tertiary/aromatic N) is 1. The Kier molecular flexibility index (Phi) is 5.54. The Balaban J connectivity index is 2.78. The number of rotatable bonds is 7. The first kappa shape index (κ1) is 16.5. The number of nitro groups is 1. The molecule has 0 fully saturated rings. The lowest BCUT2D eigenvalue weighted by Gasteiger charge is -2.09. The number of nitrogens with one attached hydrogen (secondary N) is 1. The molecular formula is C11H15FN2O5S. The molecule has 1 rings (SSSR count). The van der Waals surface area contributed by atoms with Gasteiger partial charge in [0.2, 0.25) is 15.8 Å². The Bertz CT molecular complexity index is 588. The zero-order valence-electron chi connectivity index (χ0n) is 11.0. The van der Waals surface area contributed by atoms with E-state index in [4.69, 9.17) is 4.74 Å². The summed E-state index contributed by atoms with van der Waals surface area (Å²) in [5, 5.41) is 10.4. The predicted octanol–water partition coefficient (Wildman–Crippen LogP) is 1.44. The number of halogens is 1. The SMILES string of the molecule is CC(C)OCCNS(=O)(=O)c1ccc([N+](=O)[O-])c(F)c1. The molecule has 0 spiro atoms. The topological polar surface area (TPSA) is 98.5 Å². The second-order valence-corrected chi connectivity index (χ2v) is 5.95. The van der Waals surface area contributed by atoms with Crippen molar-refractivity contribution in [3.63, 3.8) is 0 Å². The van der Waals surface area contributed by atoms with Gasteiger partial charge in [-0.25, -0.2) is 13.1 Å². The third-order valence-electron chi connectivity index (χ3n) is 2.27. The van der Waals surface area contributed by atoms with Gasteiger partial charge in [0, 0.05) is 18.7 Å². The average Bonchev–Trinajstić information content (AvgIpc) is 2.34. The van der Waals surface area contributed by atoms with Gasteiger partial charge < -0.3 is 4.74 Å². The molecule has 1 aromatic rings. The quantitative estimate of drug-likeness (QED) is 0.467. The van der Waals surface area contributed by atoms with E-state index >= 15 is 0 Å². The van der Waals surface area contributed by atoms with Crippen molar-refractivity contribution in [3.8, 4) is 0 Å². The third kappa shape index (κ3) is 4.51. The highest BCUT2D eigenvalue weighted by Gasteiger charge is 2.20. The largest absolute Gasteiger partial charge is 0.377 e. The van der Waals surface area contributed by atoms with Crippen molar-refractivity contribution >= 4 is 15.7 Å². The van der Waals surface area contributed by atoms with Crippen LogP contribution in [0.25, 0.3) is 0 Å². The highest BCUT2D eigenvalue weighted by Crippen LogP contribution is 2.20. The van der Waals surface area contributed by atoms with Gasteiger partial charge >= 0.3 is 5.69 Å². The monoisotopic (exact) mass is 306 g/mol. The Morgan fingerprint density at radius 1 is 1.45 bits per heavy atom. The second-order valence-electron chi connectivity index (χ2n) is 4.19. The first-order chi connectivity index (χ1) is 9.24.